The molecule has 0 saturated carbocycles. The summed E-state index contributed by atoms with van der Waals surface area (Å²) in [5, 5.41) is 2.91. The maximum atomic E-state index is 12.4. The fraction of sp³-hybridized carbons (Fsp3) is 0.0526. The minimum absolute atomic E-state index is 0.251. The fourth-order valence-corrected chi connectivity index (χ4v) is 2.65. The predicted molar refractivity (Wildman–Crippen MR) is 94.3 cm³/mol. The van der Waals surface area contributed by atoms with Crippen molar-refractivity contribution in [3.05, 3.63) is 84.7 Å². The lowest BCUT2D eigenvalue weighted by Crippen LogP contribution is -2.24. The van der Waals surface area contributed by atoms with Crippen LogP contribution in [0.2, 0.25) is 0 Å². The lowest BCUT2D eigenvalue weighted by Gasteiger charge is -2.11. The summed E-state index contributed by atoms with van der Waals surface area (Å²) in [7, 11) is 0. The summed E-state index contributed by atoms with van der Waals surface area (Å²) in [5.41, 5.74) is 3.74. The number of fused-ring (bicyclic) bond motifs is 1. The molecule has 6 heteroatoms. The third kappa shape index (κ3) is 3.10. The number of nitrogens with zero attached hydrogens (tertiary/aromatic N) is 4. The van der Waals surface area contributed by atoms with E-state index in [2.05, 4.69) is 20.3 Å². The molecule has 2 heterocycles. The number of benzene rings is 2. The second kappa shape index (κ2) is 6.52. The smallest absolute Gasteiger partial charge is 0.271 e. The summed E-state index contributed by atoms with van der Waals surface area (Å²) in [6.45, 7) is 0.391. The molecule has 2 aromatic carbocycles. The van der Waals surface area contributed by atoms with Gasteiger partial charge in [0, 0.05) is 18.9 Å². The maximum absolute atomic E-state index is 12.4. The van der Waals surface area contributed by atoms with Crippen LogP contribution in [-0.4, -0.2) is 25.4 Å². The lowest BCUT2D eigenvalue weighted by molar-refractivity contribution is 0.0946. The van der Waals surface area contributed by atoms with Gasteiger partial charge < -0.3 is 9.88 Å². The Morgan fingerprint density at radius 2 is 1.84 bits per heavy atom. The van der Waals surface area contributed by atoms with Gasteiger partial charge in [0.1, 0.15) is 5.69 Å². The average molecular weight is 329 g/mol. The summed E-state index contributed by atoms with van der Waals surface area (Å²) in [6, 6.07) is 15.3. The summed E-state index contributed by atoms with van der Waals surface area (Å²) < 4.78 is 1.91. The standard InChI is InChI=1S/C19H15N5O/c25-19(17-12-21-15-6-2-3-7-16(15)23-17)22-11-14-5-1-4-8-18(14)24-10-9-20-13-24/h1-10,12-13H,11H2,(H,22,25). The molecule has 4 aromatic rings. The van der Waals surface area contributed by atoms with Crippen molar-refractivity contribution < 1.29 is 4.79 Å². The topological polar surface area (TPSA) is 72.7 Å². The van der Waals surface area contributed by atoms with E-state index in [9.17, 15) is 4.79 Å². The lowest BCUT2D eigenvalue weighted by atomic mass is 10.1. The Hall–Kier alpha value is -3.54. The molecule has 6 nitrogen and oxygen atoms in total. The summed E-state index contributed by atoms with van der Waals surface area (Å²) >= 11 is 0. The number of carbonyl (C=O) groups is 1. The number of para-hydroxylation sites is 3. The second-order valence-electron chi connectivity index (χ2n) is 5.53. The van der Waals surface area contributed by atoms with Crippen LogP contribution >= 0.6 is 0 Å². The summed E-state index contributed by atoms with van der Waals surface area (Å²) in [6.07, 6.45) is 6.82. The molecule has 4 rings (SSSR count). The van der Waals surface area contributed by atoms with Crippen LogP contribution in [0.4, 0.5) is 0 Å². The predicted octanol–water partition coefficient (Wildman–Crippen LogP) is 2.75. The van der Waals surface area contributed by atoms with Gasteiger partial charge >= 0.3 is 0 Å². The monoisotopic (exact) mass is 329 g/mol. The summed E-state index contributed by atoms with van der Waals surface area (Å²) in [5.74, 6) is -0.251. The molecule has 0 saturated heterocycles. The van der Waals surface area contributed by atoms with E-state index in [1.54, 1.807) is 12.5 Å². The zero-order valence-electron chi connectivity index (χ0n) is 13.3. The molecule has 0 unspecified atom stereocenters. The van der Waals surface area contributed by atoms with E-state index in [4.69, 9.17) is 0 Å². The minimum atomic E-state index is -0.251. The van der Waals surface area contributed by atoms with Gasteiger partial charge in [0.15, 0.2) is 0 Å². The molecule has 1 N–H and O–H groups in total. The van der Waals surface area contributed by atoms with Crippen LogP contribution in [0, 0.1) is 0 Å². The van der Waals surface area contributed by atoms with Gasteiger partial charge in [0.2, 0.25) is 0 Å². The molecule has 0 radical (unpaired) electrons. The van der Waals surface area contributed by atoms with Crippen molar-refractivity contribution in [3.63, 3.8) is 0 Å². The largest absolute Gasteiger partial charge is 0.346 e. The fourth-order valence-electron chi connectivity index (χ4n) is 2.65. The van der Waals surface area contributed by atoms with Crippen LogP contribution in [0.1, 0.15) is 16.1 Å². The van der Waals surface area contributed by atoms with Gasteiger partial charge in [0.25, 0.3) is 5.91 Å². The Bertz CT molecular complexity index is 1030. The van der Waals surface area contributed by atoms with Crippen molar-refractivity contribution in [3.8, 4) is 5.69 Å². The van der Waals surface area contributed by atoms with Crippen molar-refractivity contribution in [1.29, 1.82) is 0 Å². The Morgan fingerprint density at radius 1 is 1.04 bits per heavy atom. The SMILES string of the molecule is O=C(NCc1ccccc1-n1ccnc1)c1cnc2ccccc2n1. The van der Waals surface area contributed by atoms with Crippen molar-refractivity contribution in [2.75, 3.05) is 0 Å². The molecule has 122 valence electrons. The molecule has 1 amide bonds. The van der Waals surface area contributed by atoms with Crippen molar-refractivity contribution >= 4 is 16.9 Å². The molecular weight excluding hydrogens is 314 g/mol. The molecule has 0 spiro atoms. The molecule has 25 heavy (non-hydrogen) atoms. The third-order valence-corrected chi connectivity index (χ3v) is 3.89. The number of carbonyl (C=O) groups excluding carboxylic acids is 1. The molecule has 2 aromatic heterocycles. The van der Waals surface area contributed by atoms with E-state index in [0.29, 0.717) is 17.8 Å². The van der Waals surface area contributed by atoms with E-state index in [0.717, 1.165) is 16.8 Å². The first-order valence-electron chi connectivity index (χ1n) is 7.87. The van der Waals surface area contributed by atoms with E-state index in [1.165, 1.54) is 6.20 Å². The van der Waals surface area contributed by atoms with E-state index in [1.807, 2.05) is 59.3 Å². The highest BCUT2D eigenvalue weighted by Crippen LogP contribution is 2.14. The highest BCUT2D eigenvalue weighted by Gasteiger charge is 2.10. The first-order chi connectivity index (χ1) is 12.3. The van der Waals surface area contributed by atoms with Crippen LogP contribution in [0.25, 0.3) is 16.7 Å². The van der Waals surface area contributed by atoms with E-state index >= 15 is 0 Å². The minimum Gasteiger partial charge on any atom is -0.346 e. The third-order valence-electron chi connectivity index (χ3n) is 3.89. The Balaban J connectivity index is 1.54. The van der Waals surface area contributed by atoms with E-state index < -0.39 is 0 Å². The zero-order valence-corrected chi connectivity index (χ0v) is 13.3. The summed E-state index contributed by atoms with van der Waals surface area (Å²) in [4.78, 5) is 25.1. The molecule has 0 bridgehead atoms. The van der Waals surface area contributed by atoms with Crippen LogP contribution in [0.15, 0.2) is 73.4 Å². The number of nitrogens with one attached hydrogen (secondary N) is 1. The highest BCUT2D eigenvalue weighted by molar-refractivity contribution is 5.93. The van der Waals surface area contributed by atoms with Gasteiger partial charge in [-0.25, -0.2) is 9.97 Å². The van der Waals surface area contributed by atoms with E-state index in [-0.39, 0.29) is 5.91 Å². The zero-order chi connectivity index (χ0) is 17.1. The van der Waals surface area contributed by atoms with Gasteiger partial charge in [-0.3, -0.25) is 9.78 Å². The number of amides is 1. The Morgan fingerprint density at radius 3 is 2.68 bits per heavy atom. The van der Waals surface area contributed by atoms with Gasteiger partial charge in [-0.15, -0.1) is 0 Å². The molecular formula is C19H15N5O. The number of rotatable bonds is 4. The average Bonchev–Trinajstić information content (AvgIpc) is 3.20. The van der Waals surface area contributed by atoms with Crippen LogP contribution in [0.3, 0.4) is 0 Å². The number of aromatic nitrogens is 4. The van der Waals surface area contributed by atoms with Gasteiger partial charge in [-0.05, 0) is 23.8 Å². The molecule has 0 aliphatic heterocycles. The Kier molecular flexibility index (Phi) is 3.92. The van der Waals surface area contributed by atoms with Gasteiger partial charge in [-0.1, -0.05) is 30.3 Å². The van der Waals surface area contributed by atoms with Crippen LogP contribution in [0.5, 0.6) is 0 Å². The van der Waals surface area contributed by atoms with Crippen molar-refractivity contribution in [2.24, 2.45) is 0 Å². The molecule has 0 aliphatic rings. The number of hydrogen-bond donors (Lipinski definition) is 1. The Labute approximate surface area is 144 Å². The first kappa shape index (κ1) is 15.0. The maximum Gasteiger partial charge on any atom is 0.271 e. The molecule has 0 fully saturated rings. The first-order valence-corrected chi connectivity index (χ1v) is 7.87. The van der Waals surface area contributed by atoms with Crippen molar-refractivity contribution in [1.82, 2.24) is 24.8 Å². The van der Waals surface area contributed by atoms with Crippen LogP contribution < -0.4 is 5.32 Å². The van der Waals surface area contributed by atoms with Crippen LogP contribution in [-0.2, 0) is 6.54 Å². The van der Waals surface area contributed by atoms with Gasteiger partial charge in [0.05, 0.1) is 29.2 Å². The molecule has 0 aliphatic carbocycles. The quantitative estimate of drug-likeness (QED) is 0.625. The normalized spacial score (nSPS) is 10.7. The second-order valence-corrected chi connectivity index (χ2v) is 5.53. The number of imidazole rings is 1. The van der Waals surface area contributed by atoms with Gasteiger partial charge in [-0.2, -0.15) is 0 Å². The highest BCUT2D eigenvalue weighted by atomic mass is 16.1. The number of hydrogen-bond acceptors (Lipinski definition) is 4. The molecule has 0 atom stereocenters. The van der Waals surface area contributed by atoms with Crippen molar-refractivity contribution in [2.45, 2.75) is 6.54 Å².